The smallest absolute Gasteiger partial charge is 0.328 e. The average molecular weight is 241 g/mol. The Hall–Kier alpha value is -1.10. The predicted octanol–water partition coefficient (Wildman–Crippen LogP) is 0.167. The van der Waals surface area contributed by atoms with Crippen molar-refractivity contribution in [3.8, 4) is 0 Å². The highest BCUT2D eigenvalue weighted by Crippen LogP contribution is 2.38. The zero-order valence-corrected chi connectivity index (χ0v) is 10.3. The molecule has 2 fully saturated rings. The van der Waals surface area contributed by atoms with Crippen LogP contribution in [0.5, 0.6) is 0 Å². The van der Waals surface area contributed by atoms with E-state index < -0.39 is 18.1 Å². The molecule has 1 amide bonds. The lowest BCUT2D eigenvalue weighted by Gasteiger charge is -2.25. The number of nitrogens with zero attached hydrogens (tertiary/aromatic N) is 1. The Kier molecular flexibility index (Phi) is 3.38. The molecule has 1 saturated carbocycles. The van der Waals surface area contributed by atoms with E-state index in [-0.39, 0.29) is 24.8 Å². The molecule has 0 radical (unpaired) electrons. The van der Waals surface area contributed by atoms with Gasteiger partial charge < -0.3 is 14.7 Å². The summed E-state index contributed by atoms with van der Waals surface area (Å²) in [6, 6.07) is -0.608. The zero-order chi connectivity index (χ0) is 12.6. The Morgan fingerprint density at radius 3 is 2.59 bits per heavy atom. The van der Waals surface area contributed by atoms with Crippen molar-refractivity contribution in [3.05, 3.63) is 0 Å². The number of esters is 1. The summed E-state index contributed by atoms with van der Waals surface area (Å²) in [6.07, 6.45) is 1.85. The van der Waals surface area contributed by atoms with Crippen LogP contribution in [0, 0.1) is 11.8 Å². The topological polar surface area (TPSA) is 66.8 Å². The summed E-state index contributed by atoms with van der Waals surface area (Å²) in [7, 11) is 1.31. The Labute approximate surface area is 101 Å². The lowest BCUT2D eigenvalue weighted by Crippen LogP contribution is -2.44. The van der Waals surface area contributed by atoms with Gasteiger partial charge in [0, 0.05) is 18.9 Å². The highest BCUT2D eigenvalue weighted by Gasteiger charge is 2.43. The second kappa shape index (κ2) is 4.64. The van der Waals surface area contributed by atoms with Crippen LogP contribution >= 0.6 is 0 Å². The molecule has 2 rings (SSSR count). The summed E-state index contributed by atoms with van der Waals surface area (Å²) in [4.78, 5) is 25.3. The molecule has 5 nitrogen and oxygen atoms in total. The molecule has 0 bridgehead atoms. The average Bonchev–Trinajstić information content (AvgIpc) is 3.09. The van der Waals surface area contributed by atoms with Crippen molar-refractivity contribution in [1.82, 2.24) is 4.90 Å². The third-order valence-corrected chi connectivity index (χ3v) is 3.75. The first-order valence-electron chi connectivity index (χ1n) is 6.11. The first-order chi connectivity index (χ1) is 8.04. The summed E-state index contributed by atoms with van der Waals surface area (Å²) in [5.41, 5.74) is 0. The second-order valence-electron chi connectivity index (χ2n) is 5.05. The number of methoxy groups -OCH3 is 1. The van der Waals surface area contributed by atoms with E-state index in [1.165, 1.54) is 12.0 Å². The number of aliphatic hydroxyl groups excluding tert-OH is 1. The lowest BCUT2D eigenvalue weighted by molar-refractivity contribution is -0.152. The maximum atomic E-state index is 12.2. The lowest BCUT2D eigenvalue weighted by atomic mass is 10.0. The SMILES string of the molecule is COC(=O)C1CC(O)CN1C(=O)C(C)C1CC1. The molecule has 0 aromatic rings. The van der Waals surface area contributed by atoms with Crippen LogP contribution in [0.4, 0.5) is 0 Å². The number of carbonyl (C=O) groups is 2. The van der Waals surface area contributed by atoms with Gasteiger partial charge in [-0.2, -0.15) is 0 Å². The third-order valence-electron chi connectivity index (χ3n) is 3.75. The minimum absolute atomic E-state index is 0.0283. The molecule has 0 spiro atoms. The van der Waals surface area contributed by atoms with Crippen LogP contribution in [0.15, 0.2) is 0 Å². The van der Waals surface area contributed by atoms with E-state index in [9.17, 15) is 14.7 Å². The summed E-state index contributed by atoms with van der Waals surface area (Å²) >= 11 is 0. The van der Waals surface area contributed by atoms with Gasteiger partial charge in [0.1, 0.15) is 6.04 Å². The Morgan fingerprint density at radius 1 is 1.41 bits per heavy atom. The van der Waals surface area contributed by atoms with Gasteiger partial charge in [0.05, 0.1) is 13.2 Å². The Balaban J connectivity index is 2.06. The molecule has 5 heteroatoms. The third kappa shape index (κ3) is 2.44. The number of carbonyl (C=O) groups excluding carboxylic acids is 2. The van der Waals surface area contributed by atoms with Crippen molar-refractivity contribution in [2.75, 3.05) is 13.7 Å². The number of rotatable bonds is 3. The van der Waals surface area contributed by atoms with Gasteiger partial charge in [0.2, 0.25) is 5.91 Å². The van der Waals surface area contributed by atoms with Gasteiger partial charge in [0.15, 0.2) is 0 Å². The molecule has 0 aromatic heterocycles. The molecule has 17 heavy (non-hydrogen) atoms. The van der Waals surface area contributed by atoms with Crippen molar-refractivity contribution < 1.29 is 19.4 Å². The molecule has 2 aliphatic rings. The van der Waals surface area contributed by atoms with E-state index in [0.717, 1.165) is 12.8 Å². The Bertz CT molecular complexity index is 326. The van der Waals surface area contributed by atoms with Crippen molar-refractivity contribution >= 4 is 11.9 Å². The minimum atomic E-state index is -0.616. The van der Waals surface area contributed by atoms with Crippen LogP contribution in [0.3, 0.4) is 0 Å². The van der Waals surface area contributed by atoms with Crippen LogP contribution in [0.25, 0.3) is 0 Å². The molecule has 1 heterocycles. The summed E-state index contributed by atoms with van der Waals surface area (Å²) < 4.78 is 4.67. The fourth-order valence-corrected chi connectivity index (χ4v) is 2.48. The maximum absolute atomic E-state index is 12.2. The maximum Gasteiger partial charge on any atom is 0.328 e. The van der Waals surface area contributed by atoms with Crippen LogP contribution in [0.1, 0.15) is 26.2 Å². The first-order valence-corrected chi connectivity index (χ1v) is 6.11. The number of hydrogen-bond donors (Lipinski definition) is 1. The molecule has 1 aliphatic heterocycles. The molecular formula is C12H19NO4. The van der Waals surface area contributed by atoms with Gasteiger partial charge in [-0.3, -0.25) is 4.79 Å². The number of likely N-dealkylation sites (tertiary alicyclic amines) is 1. The van der Waals surface area contributed by atoms with Crippen molar-refractivity contribution in [1.29, 1.82) is 0 Å². The standard InChI is InChI=1S/C12H19NO4/c1-7(8-3-4-8)11(15)13-6-9(14)5-10(13)12(16)17-2/h7-10,14H,3-6H2,1-2H3. The number of β-amino-alcohol motifs (C(OH)–C–C–N with tert-alkyl or cyclic N) is 1. The van der Waals surface area contributed by atoms with Crippen LogP contribution in [0.2, 0.25) is 0 Å². The van der Waals surface area contributed by atoms with Gasteiger partial charge in [0.25, 0.3) is 0 Å². The van der Waals surface area contributed by atoms with Gasteiger partial charge in [-0.15, -0.1) is 0 Å². The molecule has 0 aromatic carbocycles. The molecule has 3 unspecified atom stereocenters. The van der Waals surface area contributed by atoms with Crippen molar-refractivity contribution in [2.24, 2.45) is 11.8 Å². The fourth-order valence-electron chi connectivity index (χ4n) is 2.48. The largest absolute Gasteiger partial charge is 0.467 e. The number of aliphatic hydroxyl groups is 1. The molecule has 1 N–H and O–H groups in total. The monoisotopic (exact) mass is 241 g/mol. The van der Waals surface area contributed by atoms with E-state index in [4.69, 9.17) is 0 Å². The van der Waals surface area contributed by atoms with E-state index in [1.807, 2.05) is 6.92 Å². The van der Waals surface area contributed by atoms with E-state index in [1.54, 1.807) is 0 Å². The first kappa shape index (κ1) is 12.4. The normalized spacial score (nSPS) is 30.2. The summed E-state index contributed by atoms with van der Waals surface area (Å²) in [5.74, 6) is -0.0525. The summed E-state index contributed by atoms with van der Waals surface area (Å²) in [6.45, 7) is 2.15. The summed E-state index contributed by atoms with van der Waals surface area (Å²) in [5, 5.41) is 9.60. The van der Waals surface area contributed by atoms with Gasteiger partial charge in [-0.25, -0.2) is 4.79 Å². The number of amides is 1. The van der Waals surface area contributed by atoms with Gasteiger partial charge in [-0.05, 0) is 18.8 Å². The van der Waals surface area contributed by atoms with Gasteiger partial charge >= 0.3 is 5.97 Å². The number of hydrogen-bond acceptors (Lipinski definition) is 4. The van der Waals surface area contributed by atoms with Crippen molar-refractivity contribution in [2.45, 2.75) is 38.3 Å². The predicted molar refractivity (Wildman–Crippen MR) is 60.0 cm³/mol. The van der Waals surface area contributed by atoms with Crippen molar-refractivity contribution in [3.63, 3.8) is 0 Å². The van der Waals surface area contributed by atoms with Crippen LogP contribution in [-0.4, -0.2) is 47.7 Å². The highest BCUT2D eigenvalue weighted by atomic mass is 16.5. The Morgan fingerprint density at radius 2 is 2.06 bits per heavy atom. The molecular weight excluding hydrogens is 222 g/mol. The second-order valence-corrected chi connectivity index (χ2v) is 5.05. The quantitative estimate of drug-likeness (QED) is 0.715. The molecule has 1 saturated heterocycles. The van der Waals surface area contributed by atoms with Crippen LogP contribution < -0.4 is 0 Å². The van der Waals surface area contributed by atoms with Crippen LogP contribution in [-0.2, 0) is 14.3 Å². The fraction of sp³-hybridized carbons (Fsp3) is 0.833. The zero-order valence-electron chi connectivity index (χ0n) is 10.3. The highest BCUT2D eigenvalue weighted by molar-refractivity contribution is 5.86. The number of ether oxygens (including phenoxy) is 1. The molecule has 96 valence electrons. The minimum Gasteiger partial charge on any atom is -0.467 e. The molecule has 1 aliphatic carbocycles. The molecule has 3 atom stereocenters. The van der Waals surface area contributed by atoms with Gasteiger partial charge in [-0.1, -0.05) is 6.92 Å². The van der Waals surface area contributed by atoms with E-state index in [0.29, 0.717) is 5.92 Å². The van der Waals surface area contributed by atoms with E-state index in [2.05, 4.69) is 4.74 Å². The van der Waals surface area contributed by atoms with E-state index >= 15 is 0 Å².